The number of para-hydroxylation sites is 3. The lowest BCUT2D eigenvalue weighted by Gasteiger charge is -2.13. The molecule has 0 fully saturated rings. The molecule has 0 heterocycles. The second kappa shape index (κ2) is 12.4. The number of ether oxygens (including phenoxy) is 4. The van der Waals surface area contributed by atoms with E-state index >= 15 is 0 Å². The van der Waals surface area contributed by atoms with Crippen LogP contribution in [0.2, 0.25) is 0 Å². The SMILES string of the molecule is CCOCCOc1ccccc1NCc1ccc(OCCOc2ccccc2)cc1. The molecule has 158 valence electrons. The van der Waals surface area contributed by atoms with E-state index in [4.69, 9.17) is 18.9 Å². The topological polar surface area (TPSA) is 49.0 Å². The van der Waals surface area contributed by atoms with Crippen molar-refractivity contribution < 1.29 is 18.9 Å². The van der Waals surface area contributed by atoms with E-state index in [2.05, 4.69) is 17.4 Å². The van der Waals surface area contributed by atoms with Gasteiger partial charge in [0.2, 0.25) is 0 Å². The first-order valence-corrected chi connectivity index (χ1v) is 10.3. The van der Waals surface area contributed by atoms with Gasteiger partial charge in [-0.3, -0.25) is 0 Å². The van der Waals surface area contributed by atoms with Crippen LogP contribution in [0.1, 0.15) is 12.5 Å². The first kappa shape index (κ1) is 21.5. The lowest BCUT2D eigenvalue weighted by Crippen LogP contribution is -2.09. The predicted molar refractivity (Wildman–Crippen MR) is 120 cm³/mol. The van der Waals surface area contributed by atoms with Crippen molar-refractivity contribution in [2.75, 3.05) is 38.4 Å². The Morgan fingerprint density at radius 3 is 2.00 bits per heavy atom. The van der Waals surface area contributed by atoms with Gasteiger partial charge in [0.1, 0.15) is 37.1 Å². The standard InChI is InChI=1S/C25H29NO4/c1-2-27-16-17-30-25-11-7-6-10-24(25)26-20-21-12-14-23(15-13-21)29-19-18-28-22-8-4-3-5-9-22/h3-15,26H,2,16-20H2,1H3. The largest absolute Gasteiger partial charge is 0.490 e. The van der Waals surface area contributed by atoms with Gasteiger partial charge in [-0.15, -0.1) is 0 Å². The fourth-order valence-electron chi connectivity index (χ4n) is 2.83. The van der Waals surface area contributed by atoms with Crippen LogP contribution >= 0.6 is 0 Å². The molecule has 0 aliphatic carbocycles. The zero-order valence-electron chi connectivity index (χ0n) is 17.4. The lowest BCUT2D eigenvalue weighted by atomic mass is 10.2. The van der Waals surface area contributed by atoms with Gasteiger partial charge in [0, 0.05) is 13.2 Å². The van der Waals surface area contributed by atoms with Crippen LogP contribution in [-0.2, 0) is 11.3 Å². The summed E-state index contributed by atoms with van der Waals surface area (Å²) in [6.45, 7) is 5.50. The zero-order chi connectivity index (χ0) is 20.9. The molecule has 0 bridgehead atoms. The van der Waals surface area contributed by atoms with Crippen molar-refractivity contribution in [2.45, 2.75) is 13.5 Å². The predicted octanol–water partition coefficient (Wildman–Crippen LogP) is 5.17. The summed E-state index contributed by atoms with van der Waals surface area (Å²) < 4.78 is 22.5. The van der Waals surface area contributed by atoms with E-state index in [1.165, 1.54) is 0 Å². The van der Waals surface area contributed by atoms with Crippen molar-refractivity contribution in [3.63, 3.8) is 0 Å². The number of hydrogen-bond acceptors (Lipinski definition) is 5. The molecule has 0 saturated heterocycles. The Bertz CT molecular complexity index is 853. The smallest absolute Gasteiger partial charge is 0.142 e. The molecule has 0 aromatic heterocycles. The monoisotopic (exact) mass is 407 g/mol. The van der Waals surface area contributed by atoms with Crippen LogP contribution in [0.5, 0.6) is 17.2 Å². The minimum Gasteiger partial charge on any atom is -0.490 e. The van der Waals surface area contributed by atoms with Crippen LogP contribution in [0.25, 0.3) is 0 Å². The highest BCUT2D eigenvalue weighted by Gasteiger charge is 2.03. The van der Waals surface area contributed by atoms with E-state index in [9.17, 15) is 0 Å². The summed E-state index contributed by atoms with van der Waals surface area (Å²) >= 11 is 0. The third-order valence-electron chi connectivity index (χ3n) is 4.35. The summed E-state index contributed by atoms with van der Waals surface area (Å²) in [6.07, 6.45) is 0. The Labute approximate surface area is 178 Å². The number of anilines is 1. The molecular formula is C25H29NO4. The minimum absolute atomic E-state index is 0.499. The summed E-state index contributed by atoms with van der Waals surface area (Å²) in [5, 5.41) is 3.43. The van der Waals surface area contributed by atoms with Crippen LogP contribution in [0.15, 0.2) is 78.9 Å². The van der Waals surface area contributed by atoms with Crippen LogP contribution in [0.4, 0.5) is 5.69 Å². The molecule has 5 nitrogen and oxygen atoms in total. The van der Waals surface area contributed by atoms with Crippen LogP contribution in [0.3, 0.4) is 0 Å². The van der Waals surface area contributed by atoms with Gasteiger partial charge in [-0.1, -0.05) is 42.5 Å². The van der Waals surface area contributed by atoms with Gasteiger partial charge < -0.3 is 24.3 Å². The Morgan fingerprint density at radius 1 is 0.633 bits per heavy atom. The molecule has 3 aromatic carbocycles. The van der Waals surface area contributed by atoms with Crippen molar-refractivity contribution in [3.05, 3.63) is 84.4 Å². The molecule has 5 heteroatoms. The van der Waals surface area contributed by atoms with Crippen molar-refractivity contribution in [3.8, 4) is 17.2 Å². The second-order valence-electron chi connectivity index (χ2n) is 6.55. The Morgan fingerprint density at radius 2 is 1.27 bits per heavy atom. The molecule has 1 N–H and O–H groups in total. The molecule has 0 amide bonds. The van der Waals surface area contributed by atoms with E-state index in [0.29, 0.717) is 39.6 Å². The zero-order valence-corrected chi connectivity index (χ0v) is 17.4. The van der Waals surface area contributed by atoms with Crippen molar-refractivity contribution in [1.29, 1.82) is 0 Å². The first-order chi connectivity index (χ1) is 14.8. The third-order valence-corrected chi connectivity index (χ3v) is 4.35. The number of nitrogens with one attached hydrogen (secondary N) is 1. The average Bonchev–Trinajstić information content (AvgIpc) is 2.80. The van der Waals surface area contributed by atoms with Gasteiger partial charge in [-0.2, -0.15) is 0 Å². The highest BCUT2D eigenvalue weighted by atomic mass is 16.5. The molecular weight excluding hydrogens is 378 g/mol. The Hall–Kier alpha value is -3.18. The van der Waals surface area contributed by atoms with E-state index in [1.54, 1.807) is 0 Å². The fourth-order valence-corrected chi connectivity index (χ4v) is 2.83. The van der Waals surface area contributed by atoms with Gasteiger partial charge >= 0.3 is 0 Å². The van der Waals surface area contributed by atoms with Gasteiger partial charge in [0.15, 0.2) is 0 Å². The maximum atomic E-state index is 5.81. The first-order valence-electron chi connectivity index (χ1n) is 10.3. The molecule has 3 aromatic rings. The van der Waals surface area contributed by atoms with Crippen molar-refractivity contribution in [2.24, 2.45) is 0 Å². The van der Waals surface area contributed by atoms with Crippen molar-refractivity contribution >= 4 is 5.69 Å². The maximum Gasteiger partial charge on any atom is 0.142 e. The molecule has 0 radical (unpaired) electrons. The summed E-state index contributed by atoms with van der Waals surface area (Å²) in [5.74, 6) is 2.51. The van der Waals surface area contributed by atoms with E-state index in [1.807, 2.05) is 73.7 Å². The van der Waals surface area contributed by atoms with Gasteiger partial charge in [0.05, 0.1) is 12.3 Å². The average molecular weight is 408 g/mol. The molecule has 0 saturated carbocycles. The van der Waals surface area contributed by atoms with Crippen molar-refractivity contribution in [1.82, 2.24) is 0 Å². The summed E-state index contributed by atoms with van der Waals surface area (Å²) in [6, 6.07) is 25.7. The molecule has 0 unspecified atom stereocenters. The fraction of sp³-hybridized carbons (Fsp3) is 0.280. The quantitative estimate of drug-likeness (QED) is 0.396. The molecule has 0 aliphatic rings. The van der Waals surface area contributed by atoms with Crippen LogP contribution < -0.4 is 19.5 Å². The molecule has 30 heavy (non-hydrogen) atoms. The number of rotatable bonds is 13. The molecule has 3 rings (SSSR count). The molecule has 0 aliphatic heterocycles. The second-order valence-corrected chi connectivity index (χ2v) is 6.55. The highest BCUT2D eigenvalue weighted by Crippen LogP contribution is 2.24. The molecule has 0 spiro atoms. The minimum atomic E-state index is 0.499. The molecule has 0 atom stereocenters. The van der Waals surface area contributed by atoms with Gasteiger partial charge in [-0.05, 0) is 48.9 Å². The lowest BCUT2D eigenvalue weighted by molar-refractivity contribution is 0.110. The van der Waals surface area contributed by atoms with E-state index in [0.717, 1.165) is 28.5 Å². The summed E-state index contributed by atoms with van der Waals surface area (Å²) in [4.78, 5) is 0. The third kappa shape index (κ3) is 7.33. The normalized spacial score (nSPS) is 10.4. The van der Waals surface area contributed by atoms with Gasteiger partial charge in [-0.25, -0.2) is 0 Å². The maximum absolute atomic E-state index is 5.81. The summed E-state index contributed by atoms with van der Waals surface area (Å²) in [5.41, 5.74) is 2.12. The van der Waals surface area contributed by atoms with Crippen LogP contribution in [0, 0.1) is 0 Å². The highest BCUT2D eigenvalue weighted by molar-refractivity contribution is 5.56. The van der Waals surface area contributed by atoms with E-state index < -0.39 is 0 Å². The van der Waals surface area contributed by atoms with E-state index in [-0.39, 0.29) is 0 Å². The summed E-state index contributed by atoms with van der Waals surface area (Å²) in [7, 11) is 0. The Balaban J connectivity index is 1.41. The number of benzene rings is 3. The van der Waals surface area contributed by atoms with Gasteiger partial charge in [0.25, 0.3) is 0 Å². The Kier molecular flexibility index (Phi) is 8.90. The van der Waals surface area contributed by atoms with Crippen LogP contribution in [-0.4, -0.2) is 33.0 Å². The number of hydrogen-bond donors (Lipinski definition) is 1.